The van der Waals surface area contributed by atoms with Gasteiger partial charge in [-0.1, -0.05) is 13.3 Å². The number of ether oxygens (including phenoxy) is 1. The Morgan fingerprint density at radius 3 is 2.31 bits per heavy atom. The largest absolute Gasteiger partial charge is 0.494 e. The summed E-state index contributed by atoms with van der Waals surface area (Å²) in [7, 11) is -3.71. The van der Waals surface area contributed by atoms with Gasteiger partial charge in [-0.3, -0.25) is 4.72 Å². The molecule has 0 spiro atoms. The molecule has 0 aliphatic carbocycles. The minimum atomic E-state index is -3.71. The van der Waals surface area contributed by atoms with E-state index in [0.29, 0.717) is 24.0 Å². The fraction of sp³-hybridized carbons (Fsp3) is 0.385. The summed E-state index contributed by atoms with van der Waals surface area (Å²) < 4.78 is 33.8. The highest BCUT2D eigenvalue weighted by Gasteiger charge is 2.16. The van der Waals surface area contributed by atoms with E-state index in [4.69, 9.17) is 4.74 Å². The molecule has 1 aliphatic rings. The second-order valence-electron chi connectivity index (χ2n) is 8.72. The predicted molar refractivity (Wildman–Crippen MR) is 140 cm³/mol. The lowest BCUT2D eigenvalue weighted by Crippen LogP contribution is -2.30. The van der Waals surface area contributed by atoms with Crippen LogP contribution < -0.4 is 19.7 Å². The second-order valence-corrected chi connectivity index (χ2v) is 10.4. The predicted octanol–water partition coefficient (Wildman–Crippen LogP) is 5.50. The molecule has 8 nitrogen and oxygen atoms in total. The van der Waals surface area contributed by atoms with Crippen LogP contribution >= 0.6 is 0 Å². The third-order valence-electron chi connectivity index (χ3n) is 5.81. The van der Waals surface area contributed by atoms with Gasteiger partial charge in [0, 0.05) is 36.2 Å². The van der Waals surface area contributed by atoms with Gasteiger partial charge in [-0.15, -0.1) is 0 Å². The lowest BCUT2D eigenvalue weighted by Gasteiger charge is -2.28. The van der Waals surface area contributed by atoms with Crippen LogP contribution in [0.1, 0.15) is 44.7 Å². The summed E-state index contributed by atoms with van der Waals surface area (Å²) in [6.45, 7) is 6.70. The van der Waals surface area contributed by atoms with Gasteiger partial charge in [0.15, 0.2) is 0 Å². The first-order valence-corrected chi connectivity index (χ1v) is 13.6. The number of aromatic nitrogens is 2. The van der Waals surface area contributed by atoms with E-state index < -0.39 is 10.0 Å². The quantitative estimate of drug-likeness (QED) is 0.359. The average molecular weight is 496 g/mol. The van der Waals surface area contributed by atoms with E-state index >= 15 is 0 Å². The third-order valence-corrected chi connectivity index (χ3v) is 7.21. The van der Waals surface area contributed by atoms with Gasteiger partial charge >= 0.3 is 0 Å². The number of benzene rings is 2. The Bertz CT molecular complexity index is 1210. The molecule has 2 heterocycles. The highest BCUT2D eigenvalue weighted by Crippen LogP contribution is 2.24. The topological polar surface area (TPSA) is 96.5 Å². The van der Waals surface area contributed by atoms with Gasteiger partial charge in [0.05, 0.1) is 11.5 Å². The number of piperidine rings is 1. The molecule has 2 aromatic carbocycles. The van der Waals surface area contributed by atoms with Crippen LogP contribution in [-0.4, -0.2) is 38.1 Å². The molecule has 1 aromatic heterocycles. The first kappa shape index (κ1) is 24.8. The average Bonchev–Trinajstić information content (AvgIpc) is 2.86. The molecule has 1 saturated heterocycles. The van der Waals surface area contributed by atoms with Crippen molar-refractivity contribution in [1.29, 1.82) is 0 Å². The lowest BCUT2D eigenvalue weighted by molar-refractivity contribution is 0.309. The number of aryl methyl sites for hydroxylation is 1. The van der Waals surface area contributed by atoms with Crippen LogP contribution in [0.2, 0.25) is 0 Å². The summed E-state index contributed by atoms with van der Waals surface area (Å²) >= 11 is 0. The monoisotopic (exact) mass is 495 g/mol. The van der Waals surface area contributed by atoms with E-state index in [2.05, 4.69) is 31.8 Å². The molecule has 3 aromatic rings. The summed E-state index contributed by atoms with van der Waals surface area (Å²) in [5.74, 6) is 2.13. The van der Waals surface area contributed by atoms with Gasteiger partial charge in [0.25, 0.3) is 10.0 Å². The fourth-order valence-electron chi connectivity index (χ4n) is 3.91. The number of nitrogens with zero attached hydrogens (tertiary/aromatic N) is 3. The summed E-state index contributed by atoms with van der Waals surface area (Å²) in [6.07, 6.45) is 5.63. The zero-order valence-electron chi connectivity index (χ0n) is 20.3. The Morgan fingerprint density at radius 1 is 0.943 bits per heavy atom. The molecule has 0 amide bonds. The maximum absolute atomic E-state index is 12.8. The van der Waals surface area contributed by atoms with Crippen molar-refractivity contribution in [1.82, 2.24) is 9.97 Å². The van der Waals surface area contributed by atoms with E-state index in [0.717, 1.165) is 43.1 Å². The van der Waals surface area contributed by atoms with Crippen molar-refractivity contribution >= 4 is 33.2 Å². The van der Waals surface area contributed by atoms with Crippen LogP contribution in [0, 0.1) is 6.92 Å². The smallest absolute Gasteiger partial charge is 0.261 e. The SMILES string of the molecule is CCCCOc1ccc(S(=O)(=O)Nc2ccc(Nc3nc(C)cc(N4CCCCC4)n3)cc2)cc1. The molecular weight excluding hydrogens is 462 g/mol. The van der Waals surface area contributed by atoms with Crippen LogP contribution in [0.5, 0.6) is 5.75 Å². The number of rotatable bonds is 10. The second kappa shape index (κ2) is 11.4. The Morgan fingerprint density at radius 2 is 1.63 bits per heavy atom. The lowest BCUT2D eigenvalue weighted by atomic mass is 10.1. The normalized spacial score (nSPS) is 13.9. The molecule has 0 bridgehead atoms. The molecule has 0 unspecified atom stereocenters. The summed E-state index contributed by atoms with van der Waals surface area (Å²) in [5, 5.41) is 3.23. The maximum Gasteiger partial charge on any atom is 0.261 e. The van der Waals surface area contributed by atoms with Crippen LogP contribution in [0.15, 0.2) is 59.5 Å². The van der Waals surface area contributed by atoms with E-state index in [-0.39, 0.29) is 4.90 Å². The Labute approximate surface area is 207 Å². The van der Waals surface area contributed by atoms with Crippen molar-refractivity contribution in [2.75, 3.05) is 34.6 Å². The van der Waals surface area contributed by atoms with Crippen molar-refractivity contribution in [2.24, 2.45) is 0 Å². The molecule has 0 radical (unpaired) electrons. The van der Waals surface area contributed by atoms with Crippen LogP contribution in [-0.2, 0) is 10.0 Å². The van der Waals surface area contributed by atoms with Gasteiger partial charge in [-0.25, -0.2) is 13.4 Å². The van der Waals surface area contributed by atoms with Crippen molar-refractivity contribution in [3.05, 3.63) is 60.3 Å². The highest BCUT2D eigenvalue weighted by atomic mass is 32.2. The third kappa shape index (κ3) is 6.85. The minimum Gasteiger partial charge on any atom is -0.494 e. The fourth-order valence-corrected chi connectivity index (χ4v) is 4.97. The summed E-state index contributed by atoms with van der Waals surface area (Å²) in [4.78, 5) is 11.7. The molecule has 9 heteroatoms. The maximum atomic E-state index is 12.8. The van der Waals surface area contributed by atoms with Gasteiger partial charge in [-0.05, 0) is 81.1 Å². The van der Waals surface area contributed by atoms with E-state index in [1.165, 1.54) is 19.3 Å². The molecule has 0 atom stereocenters. The van der Waals surface area contributed by atoms with Gasteiger partial charge in [-0.2, -0.15) is 4.98 Å². The number of nitrogens with one attached hydrogen (secondary N) is 2. The first-order valence-electron chi connectivity index (χ1n) is 12.2. The number of hydrogen-bond acceptors (Lipinski definition) is 7. The van der Waals surface area contributed by atoms with E-state index in [1.807, 2.05) is 13.0 Å². The molecule has 2 N–H and O–H groups in total. The Hall–Kier alpha value is -3.33. The molecule has 1 fully saturated rings. The van der Waals surface area contributed by atoms with Crippen molar-refractivity contribution in [3.8, 4) is 5.75 Å². The standard InChI is InChI=1S/C26H33N5O3S/c1-3-4-18-34-23-12-14-24(15-13-23)35(32,33)30-22-10-8-21(9-11-22)28-26-27-20(2)19-25(29-26)31-16-6-5-7-17-31/h8-15,19,30H,3-7,16-18H2,1-2H3,(H,27,28,29). The van der Waals surface area contributed by atoms with Crippen LogP contribution in [0.4, 0.5) is 23.1 Å². The summed E-state index contributed by atoms with van der Waals surface area (Å²) in [6, 6.07) is 15.5. The van der Waals surface area contributed by atoms with E-state index in [1.54, 1.807) is 48.5 Å². The van der Waals surface area contributed by atoms with Gasteiger partial charge < -0.3 is 15.0 Å². The van der Waals surface area contributed by atoms with Crippen LogP contribution in [0.3, 0.4) is 0 Å². The van der Waals surface area contributed by atoms with E-state index in [9.17, 15) is 8.42 Å². The molecule has 0 saturated carbocycles. The van der Waals surface area contributed by atoms with Gasteiger partial charge in [0.1, 0.15) is 11.6 Å². The first-order chi connectivity index (χ1) is 16.9. The summed E-state index contributed by atoms with van der Waals surface area (Å²) in [5.41, 5.74) is 2.14. The Kier molecular flexibility index (Phi) is 8.07. The molecule has 1 aliphatic heterocycles. The van der Waals surface area contributed by atoms with Crippen molar-refractivity contribution in [3.63, 3.8) is 0 Å². The zero-order valence-corrected chi connectivity index (χ0v) is 21.1. The number of anilines is 4. The highest BCUT2D eigenvalue weighted by molar-refractivity contribution is 7.92. The minimum absolute atomic E-state index is 0.181. The van der Waals surface area contributed by atoms with Gasteiger partial charge in [0.2, 0.25) is 5.95 Å². The zero-order chi connectivity index (χ0) is 24.7. The van der Waals surface area contributed by atoms with Crippen molar-refractivity contribution < 1.29 is 13.2 Å². The molecule has 4 rings (SSSR count). The Balaban J connectivity index is 1.39. The molecular formula is C26H33N5O3S. The molecule has 186 valence electrons. The molecule has 35 heavy (non-hydrogen) atoms. The number of sulfonamides is 1. The number of unbranched alkanes of at least 4 members (excludes halogenated alkanes) is 1. The van der Waals surface area contributed by atoms with Crippen LogP contribution in [0.25, 0.3) is 0 Å². The number of hydrogen-bond donors (Lipinski definition) is 2. The van der Waals surface area contributed by atoms with Crippen molar-refractivity contribution in [2.45, 2.75) is 50.8 Å².